The molecule has 3 rings (SSSR count). The van der Waals surface area contributed by atoms with Gasteiger partial charge in [0.25, 0.3) is 5.91 Å². The SMILES string of the molecule is O=C(CNC(=O)c1ccccc1Cc1ccccc1)NCc1ccco1. The summed E-state index contributed by atoms with van der Waals surface area (Å²) >= 11 is 0. The molecule has 3 aromatic rings. The summed E-state index contributed by atoms with van der Waals surface area (Å²) in [4.78, 5) is 24.4. The number of rotatable bonds is 7. The Morgan fingerprint density at radius 1 is 0.846 bits per heavy atom. The molecule has 26 heavy (non-hydrogen) atoms. The number of hydrogen-bond donors (Lipinski definition) is 2. The normalized spacial score (nSPS) is 10.3. The summed E-state index contributed by atoms with van der Waals surface area (Å²) in [5.41, 5.74) is 2.63. The van der Waals surface area contributed by atoms with Crippen molar-refractivity contribution in [2.24, 2.45) is 0 Å². The molecular weight excluding hydrogens is 328 g/mol. The van der Waals surface area contributed by atoms with Gasteiger partial charge in [-0.15, -0.1) is 0 Å². The van der Waals surface area contributed by atoms with E-state index in [-0.39, 0.29) is 18.4 Å². The van der Waals surface area contributed by atoms with Gasteiger partial charge in [-0.1, -0.05) is 48.5 Å². The fourth-order valence-corrected chi connectivity index (χ4v) is 2.63. The fourth-order valence-electron chi connectivity index (χ4n) is 2.63. The molecule has 0 saturated heterocycles. The van der Waals surface area contributed by atoms with Gasteiger partial charge >= 0.3 is 0 Å². The van der Waals surface area contributed by atoms with Gasteiger partial charge in [0, 0.05) is 5.56 Å². The second-order valence-electron chi connectivity index (χ2n) is 5.86. The summed E-state index contributed by atoms with van der Waals surface area (Å²) < 4.78 is 5.15. The fraction of sp³-hybridized carbons (Fsp3) is 0.143. The topological polar surface area (TPSA) is 71.3 Å². The minimum Gasteiger partial charge on any atom is -0.467 e. The Kier molecular flexibility index (Phi) is 5.83. The molecule has 132 valence electrons. The average molecular weight is 348 g/mol. The number of furan rings is 1. The molecule has 0 unspecified atom stereocenters. The summed E-state index contributed by atoms with van der Waals surface area (Å²) in [5.74, 6) is 0.137. The van der Waals surface area contributed by atoms with Crippen molar-refractivity contribution in [2.45, 2.75) is 13.0 Å². The standard InChI is InChI=1S/C21H20N2O3/c24-20(22-14-18-10-6-12-26-18)15-23-21(25)19-11-5-4-9-17(19)13-16-7-2-1-3-8-16/h1-12H,13-15H2,(H,22,24)(H,23,25). The molecule has 0 atom stereocenters. The van der Waals surface area contributed by atoms with E-state index in [1.165, 1.54) is 0 Å². The zero-order chi connectivity index (χ0) is 18.2. The van der Waals surface area contributed by atoms with Crippen molar-refractivity contribution in [3.05, 3.63) is 95.4 Å². The summed E-state index contributed by atoms with van der Waals surface area (Å²) in [5, 5.41) is 5.37. The molecule has 0 aliphatic heterocycles. The van der Waals surface area contributed by atoms with Crippen LogP contribution in [0.1, 0.15) is 27.2 Å². The predicted molar refractivity (Wildman–Crippen MR) is 98.6 cm³/mol. The highest BCUT2D eigenvalue weighted by Crippen LogP contribution is 2.14. The summed E-state index contributed by atoms with van der Waals surface area (Å²) in [6.07, 6.45) is 2.21. The van der Waals surface area contributed by atoms with E-state index in [1.54, 1.807) is 24.5 Å². The molecule has 1 aromatic heterocycles. The number of amides is 2. The van der Waals surface area contributed by atoms with Crippen molar-refractivity contribution in [1.82, 2.24) is 10.6 Å². The van der Waals surface area contributed by atoms with Crippen LogP contribution >= 0.6 is 0 Å². The highest BCUT2D eigenvalue weighted by Gasteiger charge is 2.12. The van der Waals surface area contributed by atoms with Crippen molar-refractivity contribution in [3.8, 4) is 0 Å². The van der Waals surface area contributed by atoms with Crippen molar-refractivity contribution < 1.29 is 14.0 Å². The van der Waals surface area contributed by atoms with E-state index >= 15 is 0 Å². The molecular formula is C21H20N2O3. The van der Waals surface area contributed by atoms with Crippen molar-refractivity contribution in [3.63, 3.8) is 0 Å². The molecule has 2 N–H and O–H groups in total. The van der Waals surface area contributed by atoms with Crippen LogP contribution in [-0.4, -0.2) is 18.4 Å². The van der Waals surface area contributed by atoms with E-state index in [1.807, 2.05) is 48.5 Å². The Hall–Kier alpha value is -3.34. The lowest BCUT2D eigenvalue weighted by Gasteiger charge is -2.10. The molecule has 0 fully saturated rings. The third-order valence-corrected chi connectivity index (χ3v) is 3.95. The smallest absolute Gasteiger partial charge is 0.252 e. The van der Waals surface area contributed by atoms with Crippen LogP contribution in [0, 0.1) is 0 Å². The molecule has 5 heteroatoms. The third kappa shape index (κ3) is 4.83. The van der Waals surface area contributed by atoms with Gasteiger partial charge in [0.1, 0.15) is 5.76 Å². The van der Waals surface area contributed by atoms with Crippen molar-refractivity contribution in [2.75, 3.05) is 6.54 Å². The van der Waals surface area contributed by atoms with Gasteiger partial charge in [0.2, 0.25) is 5.91 Å². The van der Waals surface area contributed by atoms with Gasteiger partial charge in [0.15, 0.2) is 0 Å². The van der Waals surface area contributed by atoms with E-state index < -0.39 is 0 Å². The van der Waals surface area contributed by atoms with Crippen LogP contribution in [0.25, 0.3) is 0 Å². The van der Waals surface area contributed by atoms with E-state index in [2.05, 4.69) is 10.6 Å². The number of nitrogens with one attached hydrogen (secondary N) is 2. The second kappa shape index (κ2) is 8.67. The Bertz CT molecular complexity index is 858. The largest absolute Gasteiger partial charge is 0.467 e. The molecule has 0 spiro atoms. The average Bonchev–Trinajstić information content (AvgIpc) is 3.19. The quantitative estimate of drug-likeness (QED) is 0.690. The zero-order valence-electron chi connectivity index (χ0n) is 14.3. The first-order valence-electron chi connectivity index (χ1n) is 8.41. The highest BCUT2D eigenvalue weighted by atomic mass is 16.3. The lowest BCUT2D eigenvalue weighted by Crippen LogP contribution is -2.36. The maximum atomic E-state index is 12.5. The van der Waals surface area contributed by atoms with Crippen LogP contribution in [0.15, 0.2) is 77.4 Å². The molecule has 0 radical (unpaired) electrons. The van der Waals surface area contributed by atoms with Gasteiger partial charge in [-0.05, 0) is 35.7 Å². The van der Waals surface area contributed by atoms with Gasteiger partial charge < -0.3 is 15.1 Å². The second-order valence-corrected chi connectivity index (χ2v) is 5.86. The van der Waals surface area contributed by atoms with Gasteiger partial charge in [-0.2, -0.15) is 0 Å². The highest BCUT2D eigenvalue weighted by molar-refractivity contribution is 5.97. The summed E-state index contributed by atoms with van der Waals surface area (Å²) in [6.45, 7) is 0.214. The molecule has 5 nitrogen and oxygen atoms in total. The van der Waals surface area contributed by atoms with E-state index in [0.717, 1.165) is 11.1 Å². The maximum Gasteiger partial charge on any atom is 0.252 e. The first-order chi connectivity index (χ1) is 12.7. The molecule has 0 bridgehead atoms. The molecule has 2 aromatic carbocycles. The molecule has 1 heterocycles. The van der Waals surface area contributed by atoms with Crippen LogP contribution in [0.4, 0.5) is 0 Å². The molecule has 0 aliphatic carbocycles. The van der Waals surface area contributed by atoms with Crippen LogP contribution in [0.3, 0.4) is 0 Å². The van der Waals surface area contributed by atoms with Gasteiger partial charge in [-0.25, -0.2) is 0 Å². The molecule has 2 amide bonds. The minimum atomic E-state index is -0.268. The predicted octanol–water partition coefficient (Wildman–Crippen LogP) is 2.92. The first kappa shape index (κ1) is 17.5. The Labute approximate surface area is 152 Å². The summed E-state index contributed by atoms with van der Waals surface area (Å²) in [7, 11) is 0. The lowest BCUT2D eigenvalue weighted by molar-refractivity contribution is -0.120. The zero-order valence-corrected chi connectivity index (χ0v) is 14.3. The van der Waals surface area contributed by atoms with Gasteiger partial charge in [-0.3, -0.25) is 9.59 Å². The van der Waals surface area contributed by atoms with Gasteiger partial charge in [0.05, 0.1) is 19.4 Å². The van der Waals surface area contributed by atoms with E-state index in [4.69, 9.17) is 4.42 Å². The van der Waals surface area contributed by atoms with Crippen molar-refractivity contribution >= 4 is 11.8 Å². The number of hydrogen-bond acceptors (Lipinski definition) is 3. The number of carbonyl (C=O) groups excluding carboxylic acids is 2. The van der Waals surface area contributed by atoms with E-state index in [0.29, 0.717) is 24.3 Å². The Morgan fingerprint density at radius 3 is 2.38 bits per heavy atom. The van der Waals surface area contributed by atoms with Crippen LogP contribution in [0.5, 0.6) is 0 Å². The van der Waals surface area contributed by atoms with Crippen molar-refractivity contribution in [1.29, 1.82) is 0 Å². The number of benzene rings is 2. The first-order valence-corrected chi connectivity index (χ1v) is 8.41. The third-order valence-electron chi connectivity index (χ3n) is 3.95. The van der Waals surface area contributed by atoms with E-state index in [9.17, 15) is 9.59 Å². The lowest BCUT2D eigenvalue weighted by atomic mass is 9.99. The molecule has 0 aliphatic rings. The van der Waals surface area contributed by atoms with Crippen LogP contribution < -0.4 is 10.6 Å². The summed E-state index contributed by atoms with van der Waals surface area (Å²) in [6, 6.07) is 20.9. The molecule has 0 saturated carbocycles. The van der Waals surface area contributed by atoms with Crippen LogP contribution in [-0.2, 0) is 17.8 Å². The minimum absolute atomic E-state index is 0.0841. The Balaban J connectivity index is 1.56. The Morgan fingerprint density at radius 2 is 1.62 bits per heavy atom. The number of carbonyl (C=O) groups is 2. The maximum absolute atomic E-state index is 12.5. The van der Waals surface area contributed by atoms with Crippen LogP contribution in [0.2, 0.25) is 0 Å². The monoisotopic (exact) mass is 348 g/mol.